The summed E-state index contributed by atoms with van der Waals surface area (Å²) in [4.78, 5) is 23.4. The number of carbonyl (C=O) groups is 1. The standard InChI is InChI=1S/C15H24N2O3/c1-3-4-5-6-7-8-9-17-12(18)10-11(2)13(14(16)19)15(17)20/h10,18H,3-9H2,1-2H3,(H2,16,19). The summed E-state index contributed by atoms with van der Waals surface area (Å²) in [6.45, 7) is 4.17. The lowest BCUT2D eigenvalue weighted by molar-refractivity contribution is 0.0997. The van der Waals surface area contributed by atoms with E-state index in [9.17, 15) is 14.7 Å². The van der Waals surface area contributed by atoms with E-state index < -0.39 is 11.5 Å². The Hall–Kier alpha value is -1.78. The van der Waals surface area contributed by atoms with Crippen molar-refractivity contribution >= 4 is 5.91 Å². The molecule has 0 aliphatic heterocycles. The minimum absolute atomic E-state index is 0.0335. The largest absolute Gasteiger partial charge is 0.494 e. The molecule has 1 heterocycles. The molecule has 0 unspecified atom stereocenters. The van der Waals surface area contributed by atoms with Gasteiger partial charge >= 0.3 is 0 Å². The molecule has 0 atom stereocenters. The molecule has 0 saturated heterocycles. The molecule has 5 nitrogen and oxygen atoms in total. The van der Waals surface area contributed by atoms with Gasteiger partial charge in [-0.25, -0.2) is 0 Å². The first-order valence-corrected chi connectivity index (χ1v) is 7.22. The predicted molar refractivity (Wildman–Crippen MR) is 79.0 cm³/mol. The van der Waals surface area contributed by atoms with Gasteiger partial charge in [0.2, 0.25) is 0 Å². The maximum absolute atomic E-state index is 12.1. The van der Waals surface area contributed by atoms with Crippen molar-refractivity contribution in [3.8, 4) is 5.88 Å². The zero-order valence-electron chi connectivity index (χ0n) is 12.3. The van der Waals surface area contributed by atoms with Crippen LogP contribution in [0.4, 0.5) is 0 Å². The fourth-order valence-corrected chi connectivity index (χ4v) is 2.32. The molecule has 112 valence electrons. The Morgan fingerprint density at radius 3 is 2.45 bits per heavy atom. The second-order valence-electron chi connectivity index (χ2n) is 5.15. The third-order valence-electron chi connectivity index (χ3n) is 3.46. The van der Waals surface area contributed by atoms with Crippen molar-refractivity contribution in [1.82, 2.24) is 4.57 Å². The Kier molecular flexibility index (Phi) is 6.28. The van der Waals surface area contributed by atoms with Gasteiger partial charge in [0.15, 0.2) is 5.88 Å². The van der Waals surface area contributed by atoms with E-state index >= 15 is 0 Å². The number of carbonyl (C=O) groups excluding carboxylic acids is 1. The Labute approximate surface area is 119 Å². The number of aryl methyl sites for hydroxylation is 1. The zero-order chi connectivity index (χ0) is 15.1. The Bertz CT molecular complexity index is 521. The van der Waals surface area contributed by atoms with Gasteiger partial charge in [-0.1, -0.05) is 39.0 Å². The van der Waals surface area contributed by atoms with Gasteiger partial charge in [-0.15, -0.1) is 0 Å². The topological polar surface area (TPSA) is 85.3 Å². The minimum atomic E-state index is -0.746. The number of nitrogens with zero attached hydrogens (tertiary/aromatic N) is 1. The average molecular weight is 280 g/mol. The highest BCUT2D eigenvalue weighted by molar-refractivity contribution is 5.93. The van der Waals surface area contributed by atoms with Crippen molar-refractivity contribution in [3.05, 3.63) is 27.5 Å². The number of nitrogens with two attached hydrogens (primary N) is 1. The van der Waals surface area contributed by atoms with E-state index in [1.54, 1.807) is 6.92 Å². The molecule has 0 fully saturated rings. The molecule has 3 N–H and O–H groups in total. The SMILES string of the molecule is CCCCCCCCn1c(O)cc(C)c(C(N)=O)c1=O. The molecule has 0 spiro atoms. The molecule has 20 heavy (non-hydrogen) atoms. The minimum Gasteiger partial charge on any atom is -0.494 e. The molecule has 0 aliphatic rings. The summed E-state index contributed by atoms with van der Waals surface area (Å²) in [6, 6.07) is 1.42. The van der Waals surface area contributed by atoms with Crippen molar-refractivity contribution in [1.29, 1.82) is 0 Å². The lowest BCUT2D eigenvalue weighted by Gasteiger charge is -2.11. The second-order valence-corrected chi connectivity index (χ2v) is 5.15. The molecule has 0 aliphatic carbocycles. The summed E-state index contributed by atoms with van der Waals surface area (Å²) in [5.41, 5.74) is 5.10. The summed E-state index contributed by atoms with van der Waals surface area (Å²) in [5, 5.41) is 9.83. The van der Waals surface area contributed by atoms with Crippen molar-refractivity contribution in [3.63, 3.8) is 0 Å². The van der Waals surface area contributed by atoms with E-state index in [-0.39, 0.29) is 11.4 Å². The van der Waals surface area contributed by atoms with E-state index in [0.29, 0.717) is 12.1 Å². The Balaban J connectivity index is 2.73. The maximum Gasteiger partial charge on any atom is 0.266 e. The van der Waals surface area contributed by atoms with Crippen LogP contribution in [0, 0.1) is 6.92 Å². The van der Waals surface area contributed by atoms with Gasteiger partial charge in [-0.2, -0.15) is 0 Å². The van der Waals surface area contributed by atoms with Gasteiger partial charge in [0.1, 0.15) is 5.56 Å². The van der Waals surface area contributed by atoms with Crippen molar-refractivity contribution in [2.75, 3.05) is 0 Å². The van der Waals surface area contributed by atoms with E-state index in [1.165, 1.54) is 29.9 Å². The number of hydrogen-bond donors (Lipinski definition) is 2. The first-order valence-electron chi connectivity index (χ1n) is 7.22. The highest BCUT2D eigenvalue weighted by Crippen LogP contribution is 2.14. The van der Waals surface area contributed by atoms with Crippen LogP contribution in [0.25, 0.3) is 0 Å². The average Bonchev–Trinajstić information content (AvgIpc) is 2.35. The van der Waals surface area contributed by atoms with Crippen LogP contribution in [0.2, 0.25) is 0 Å². The lowest BCUT2D eigenvalue weighted by Crippen LogP contribution is -2.30. The molecule has 0 aromatic carbocycles. The first-order chi connectivity index (χ1) is 9.49. The van der Waals surface area contributed by atoms with Crippen LogP contribution in [-0.4, -0.2) is 15.6 Å². The monoisotopic (exact) mass is 280 g/mol. The fraction of sp³-hybridized carbons (Fsp3) is 0.600. The van der Waals surface area contributed by atoms with E-state index in [2.05, 4.69) is 6.92 Å². The third kappa shape index (κ3) is 4.11. The number of primary amides is 1. The summed E-state index contributed by atoms with van der Waals surface area (Å²) < 4.78 is 1.23. The third-order valence-corrected chi connectivity index (χ3v) is 3.46. The van der Waals surface area contributed by atoms with Gasteiger partial charge in [0.05, 0.1) is 0 Å². The molecular weight excluding hydrogens is 256 g/mol. The highest BCUT2D eigenvalue weighted by atomic mass is 16.3. The molecule has 1 aromatic heterocycles. The normalized spacial score (nSPS) is 10.7. The van der Waals surface area contributed by atoms with Gasteiger partial charge in [-0.3, -0.25) is 14.2 Å². The van der Waals surface area contributed by atoms with Crippen LogP contribution in [0.15, 0.2) is 10.9 Å². The molecule has 1 aromatic rings. The van der Waals surface area contributed by atoms with Crippen LogP contribution >= 0.6 is 0 Å². The maximum atomic E-state index is 12.1. The number of amides is 1. The zero-order valence-corrected chi connectivity index (χ0v) is 12.3. The number of aromatic hydroxyl groups is 1. The number of rotatable bonds is 8. The van der Waals surface area contributed by atoms with E-state index in [4.69, 9.17) is 5.73 Å². The van der Waals surface area contributed by atoms with Gasteiger partial charge in [-0.05, 0) is 18.9 Å². The smallest absolute Gasteiger partial charge is 0.266 e. The number of hydrogen-bond acceptors (Lipinski definition) is 3. The Morgan fingerprint density at radius 1 is 1.25 bits per heavy atom. The van der Waals surface area contributed by atoms with Crippen LogP contribution < -0.4 is 11.3 Å². The molecule has 1 amide bonds. The number of aromatic nitrogens is 1. The van der Waals surface area contributed by atoms with Crippen LogP contribution in [0.5, 0.6) is 5.88 Å². The van der Waals surface area contributed by atoms with Crippen LogP contribution in [0.3, 0.4) is 0 Å². The molecule has 1 rings (SSSR count). The fourth-order valence-electron chi connectivity index (χ4n) is 2.32. The summed E-state index contributed by atoms with van der Waals surface area (Å²) in [5.74, 6) is -0.852. The van der Waals surface area contributed by atoms with Crippen molar-refractivity contribution < 1.29 is 9.90 Å². The predicted octanol–water partition coefficient (Wildman–Crippen LogP) is 2.32. The van der Waals surface area contributed by atoms with Crippen molar-refractivity contribution in [2.24, 2.45) is 5.73 Å². The lowest BCUT2D eigenvalue weighted by atomic mass is 10.1. The quantitative estimate of drug-likeness (QED) is 0.717. The molecular formula is C15H24N2O3. The van der Waals surface area contributed by atoms with Crippen molar-refractivity contribution in [2.45, 2.75) is 58.9 Å². The van der Waals surface area contributed by atoms with Gasteiger partial charge in [0.25, 0.3) is 11.5 Å². The van der Waals surface area contributed by atoms with Gasteiger partial charge in [0, 0.05) is 12.6 Å². The molecule has 0 saturated carbocycles. The van der Waals surface area contributed by atoms with Crippen LogP contribution in [0.1, 0.15) is 61.4 Å². The Morgan fingerprint density at radius 2 is 1.85 bits per heavy atom. The first kappa shape index (κ1) is 16.3. The highest BCUT2D eigenvalue weighted by Gasteiger charge is 2.15. The number of unbranched alkanes of at least 4 members (excludes halogenated alkanes) is 5. The number of pyridine rings is 1. The summed E-state index contributed by atoms with van der Waals surface area (Å²) in [7, 11) is 0. The second kappa shape index (κ2) is 7.72. The van der Waals surface area contributed by atoms with E-state index in [1.807, 2.05) is 0 Å². The summed E-state index contributed by atoms with van der Waals surface area (Å²) in [6.07, 6.45) is 6.54. The van der Waals surface area contributed by atoms with E-state index in [0.717, 1.165) is 19.3 Å². The van der Waals surface area contributed by atoms with Crippen LogP contribution in [-0.2, 0) is 6.54 Å². The van der Waals surface area contributed by atoms with Gasteiger partial charge < -0.3 is 10.8 Å². The molecule has 5 heteroatoms. The molecule has 0 bridgehead atoms. The summed E-state index contributed by atoms with van der Waals surface area (Å²) >= 11 is 0. The molecule has 0 radical (unpaired) electrons.